The molecule has 1 aliphatic heterocycles. The van der Waals surface area contributed by atoms with Crippen LogP contribution in [0.5, 0.6) is 5.75 Å². The Balaban J connectivity index is 1.68. The molecule has 1 amide bonds. The largest absolute Gasteiger partial charge is 0.497 e. The minimum atomic E-state index is -1.16. The number of amides is 1. The number of piperidine rings is 1. The van der Waals surface area contributed by atoms with E-state index in [2.05, 4.69) is 10.6 Å². The van der Waals surface area contributed by atoms with Gasteiger partial charge in [0.15, 0.2) is 0 Å². The van der Waals surface area contributed by atoms with E-state index in [0.717, 1.165) is 11.3 Å². The van der Waals surface area contributed by atoms with Crippen LogP contribution in [0.25, 0.3) is 10.9 Å². The first kappa shape index (κ1) is 19.4. The SMILES string of the molecule is COc1cccc(Cn2cc(C(=O)NC3CCNC[C@@H]3F)c3c(F)cccc32)c1. The first-order valence-electron chi connectivity index (χ1n) is 9.62. The number of fused-ring (bicyclic) bond motifs is 1. The highest BCUT2D eigenvalue weighted by atomic mass is 19.1. The van der Waals surface area contributed by atoms with Crippen molar-refractivity contribution < 1.29 is 18.3 Å². The number of nitrogens with zero attached hydrogens (tertiary/aromatic N) is 1. The number of carbonyl (C=O) groups is 1. The summed E-state index contributed by atoms with van der Waals surface area (Å²) in [5, 5.41) is 5.95. The maximum atomic E-state index is 14.6. The second-order valence-corrected chi connectivity index (χ2v) is 7.24. The van der Waals surface area contributed by atoms with Gasteiger partial charge < -0.3 is 19.9 Å². The van der Waals surface area contributed by atoms with Crippen LogP contribution in [-0.4, -0.2) is 42.9 Å². The Morgan fingerprint density at radius 2 is 2.14 bits per heavy atom. The highest BCUT2D eigenvalue weighted by Gasteiger charge is 2.28. The minimum absolute atomic E-state index is 0.205. The Morgan fingerprint density at radius 1 is 1.31 bits per heavy atom. The molecule has 1 aliphatic rings. The second kappa shape index (κ2) is 8.21. The molecule has 1 fully saturated rings. The number of alkyl halides is 1. The molecule has 2 atom stereocenters. The van der Waals surface area contributed by atoms with Gasteiger partial charge in [0.05, 0.1) is 24.2 Å². The van der Waals surface area contributed by atoms with E-state index in [9.17, 15) is 13.6 Å². The van der Waals surface area contributed by atoms with E-state index in [4.69, 9.17) is 4.74 Å². The Labute approximate surface area is 167 Å². The number of halogens is 2. The molecule has 1 unspecified atom stereocenters. The summed E-state index contributed by atoms with van der Waals surface area (Å²) in [4.78, 5) is 12.9. The van der Waals surface area contributed by atoms with Crippen LogP contribution in [0.3, 0.4) is 0 Å². The Kier molecular flexibility index (Phi) is 5.49. The summed E-state index contributed by atoms with van der Waals surface area (Å²) in [5.74, 6) is -0.207. The van der Waals surface area contributed by atoms with Crippen LogP contribution in [0.2, 0.25) is 0 Å². The number of methoxy groups -OCH3 is 1. The van der Waals surface area contributed by atoms with Gasteiger partial charge in [0.2, 0.25) is 0 Å². The number of carbonyl (C=O) groups excluding carboxylic acids is 1. The Bertz CT molecular complexity index is 1030. The van der Waals surface area contributed by atoms with Crippen molar-refractivity contribution in [1.29, 1.82) is 0 Å². The number of hydrogen-bond acceptors (Lipinski definition) is 3. The molecular formula is C22H23F2N3O2. The molecule has 7 heteroatoms. The van der Waals surface area contributed by atoms with E-state index in [0.29, 0.717) is 25.0 Å². The van der Waals surface area contributed by atoms with Gasteiger partial charge in [-0.25, -0.2) is 8.78 Å². The monoisotopic (exact) mass is 399 g/mol. The van der Waals surface area contributed by atoms with E-state index in [1.54, 1.807) is 25.4 Å². The van der Waals surface area contributed by atoms with Gasteiger partial charge in [0.25, 0.3) is 5.91 Å². The third-order valence-corrected chi connectivity index (χ3v) is 5.31. The molecule has 0 spiro atoms. The molecule has 0 radical (unpaired) electrons. The lowest BCUT2D eigenvalue weighted by atomic mass is 10.0. The van der Waals surface area contributed by atoms with Crippen molar-refractivity contribution in [2.45, 2.75) is 25.2 Å². The zero-order valence-corrected chi connectivity index (χ0v) is 16.1. The van der Waals surface area contributed by atoms with Gasteiger partial charge in [0.1, 0.15) is 17.7 Å². The first-order chi connectivity index (χ1) is 14.1. The summed E-state index contributed by atoms with van der Waals surface area (Å²) in [7, 11) is 1.60. The standard InChI is InChI=1S/C22H23F2N3O2/c1-29-15-5-2-4-14(10-15)12-27-13-16(21-17(23)6-3-7-20(21)27)22(28)26-19-8-9-25-11-18(19)24/h2-7,10,13,18-19,25H,8-9,11-12H2,1H3,(H,26,28)/t18-,19?/m0/s1. The van der Waals surface area contributed by atoms with Crippen LogP contribution in [0, 0.1) is 5.82 Å². The van der Waals surface area contributed by atoms with E-state index in [1.807, 2.05) is 28.8 Å². The number of hydrogen-bond donors (Lipinski definition) is 2. The summed E-state index contributed by atoms with van der Waals surface area (Å²) < 4.78 is 35.8. The zero-order valence-electron chi connectivity index (χ0n) is 16.1. The van der Waals surface area contributed by atoms with E-state index >= 15 is 0 Å². The molecule has 3 aromatic rings. The lowest BCUT2D eigenvalue weighted by Gasteiger charge is -2.27. The highest BCUT2D eigenvalue weighted by molar-refractivity contribution is 6.07. The third-order valence-electron chi connectivity index (χ3n) is 5.31. The maximum Gasteiger partial charge on any atom is 0.253 e. The quantitative estimate of drug-likeness (QED) is 0.693. The smallest absolute Gasteiger partial charge is 0.253 e. The van der Waals surface area contributed by atoms with Crippen LogP contribution in [0.15, 0.2) is 48.7 Å². The van der Waals surface area contributed by atoms with Crippen molar-refractivity contribution in [3.05, 3.63) is 65.6 Å². The molecule has 2 aromatic carbocycles. The molecule has 1 saturated heterocycles. The van der Waals surface area contributed by atoms with Gasteiger partial charge >= 0.3 is 0 Å². The molecule has 29 heavy (non-hydrogen) atoms. The van der Waals surface area contributed by atoms with Gasteiger partial charge in [-0.3, -0.25) is 4.79 Å². The number of nitrogens with one attached hydrogen (secondary N) is 2. The van der Waals surface area contributed by atoms with Crippen molar-refractivity contribution in [3.8, 4) is 5.75 Å². The van der Waals surface area contributed by atoms with Gasteiger partial charge in [0, 0.05) is 24.7 Å². The predicted molar refractivity (Wildman–Crippen MR) is 108 cm³/mol. The molecule has 0 bridgehead atoms. The molecule has 4 rings (SSSR count). The summed E-state index contributed by atoms with van der Waals surface area (Å²) >= 11 is 0. The average Bonchev–Trinajstić information content (AvgIpc) is 3.10. The summed E-state index contributed by atoms with van der Waals surface area (Å²) in [6.07, 6.45) is 0.969. The van der Waals surface area contributed by atoms with Crippen LogP contribution in [0.4, 0.5) is 8.78 Å². The predicted octanol–water partition coefficient (Wildman–Crippen LogP) is 3.27. The fraction of sp³-hybridized carbons (Fsp3) is 0.318. The van der Waals surface area contributed by atoms with Crippen LogP contribution >= 0.6 is 0 Å². The van der Waals surface area contributed by atoms with Crippen molar-refractivity contribution in [1.82, 2.24) is 15.2 Å². The molecular weight excluding hydrogens is 376 g/mol. The molecule has 152 valence electrons. The molecule has 0 aliphatic carbocycles. The third kappa shape index (κ3) is 3.96. The fourth-order valence-electron chi connectivity index (χ4n) is 3.81. The number of aromatic nitrogens is 1. The van der Waals surface area contributed by atoms with Crippen molar-refractivity contribution in [2.24, 2.45) is 0 Å². The van der Waals surface area contributed by atoms with Gasteiger partial charge in [-0.1, -0.05) is 18.2 Å². The lowest BCUT2D eigenvalue weighted by Crippen LogP contribution is -2.50. The summed E-state index contributed by atoms with van der Waals surface area (Å²) in [6.45, 7) is 1.29. The second-order valence-electron chi connectivity index (χ2n) is 7.24. The number of rotatable bonds is 5. The summed E-state index contributed by atoms with van der Waals surface area (Å²) in [5.41, 5.74) is 1.78. The van der Waals surface area contributed by atoms with Crippen LogP contribution in [0.1, 0.15) is 22.3 Å². The minimum Gasteiger partial charge on any atom is -0.497 e. The van der Waals surface area contributed by atoms with E-state index < -0.39 is 23.9 Å². The van der Waals surface area contributed by atoms with Crippen LogP contribution in [-0.2, 0) is 6.54 Å². The fourth-order valence-corrected chi connectivity index (χ4v) is 3.81. The van der Waals surface area contributed by atoms with Gasteiger partial charge in [-0.15, -0.1) is 0 Å². The normalized spacial score (nSPS) is 19.3. The Morgan fingerprint density at radius 3 is 2.93 bits per heavy atom. The van der Waals surface area contributed by atoms with E-state index in [-0.39, 0.29) is 17.5 Å². The summed E-state index contributed by atoms with van der Waals surface area (Å²) in [6, 6.07) is 11.7. The number of benzene rings is 2. The topological polar surface area (TPSA) is 55.3 Å². The van der Waals surface area contributed by atoms with Gasteiger partial charge in [-0.2, -0.15) is 0 Å². The molecule has 0 saturated carbocycles. The van der Waals surface area contributed by atoms with Crippen molar-refractivity contribution >= 4 is 16.8 Å². The first-order valence-corrected chi connectivity index (χ1v) is 9.62. The highest BCUT2D eigenvalue weighted by Crippen LogP contribution is 2.26. The zero-order chi connectivity index (χ0) is 20.4. The van der Waals surface area contributed by atoms with Crippen molar-refractivity contribution in [3.63, 3.8) is 0 Å². The number of ether oxygens (including phenoxy) is 1. The van der Waals surface area contributed by atoms with Crippen LogP contribution < -0.4 is 15.4 Å². The maximum absolute atomic E-state index is 14.6. The molecule has 5 nitrogen and oxygen atoms in total. The Hall–Kier alpha value is -2.93. The molecule has 2 N–H and O–H groups in total. The van der Waals surface area contributed by atoms with E-state index in [1.165, 1.54) is 6.07 Å². The van der Waals surface area contributed by atoms with Gasteiger partial charge in [-0.05, 0) is 42.8 Å². The molecule has 1 aromatic heterocycles. The van der Waals surface area contributed by atoms with Crippen molar-refractivity contribution in [2.75, 3.05) is 20.2 Å². The average molecular weight is 399 g/mol. The molecule has 2 heterocycles. The lowest BCUT2D eigenvalue weighted by molar-refractivity contribution is 0.0893.